The molecule has 1 aliphatic heterocycles. The molecule has 3 heteroatoms. The number of Topliss-reactive ketones (excluding diaryl/α,β-unsaturated/α-hetero) is 2. The summed E-state index contributed by atoms with van der Waals surface area (Å²) < 4.78 is 6.36. The Morgan fingerprint density at radius 1 is 1.00 bits per heavy atom. The van der Waals surface area contributed by atoms with Crippen molar-refractivity contribution < 1.29 is 14.3 Å². The fraction of sp³-hybridized carbons (Fsp3) is 0.889. The van der Waals surface area contributed by atoms with E-state index in [1.807, 2.05) is 0 Å². The molecule has 6 atom stereocenters. The second kappa shape index (κ2) is 3.61. The molecular weight excluding hydrogens is 264 g/mol. The monoisotopic (exact) mass is 288 g/mol. The quantitative estimate of drug-likeness (QED) is 0.644. The van der Waals surface area contributed by atoms with E-state index in [2.05, 4.69) is 6.92 Å². The third kappa shape index (κ3) is 1.31. The van der Waals surface area contributed by atoms with E-state index in [1.54, 1.807) is 0 Å². The van der Waals surface area contributed by atoms with Crippen molar-refractivity contribution in [1.29, 1.82) is 0 Å². The molecule has 0 radical (unpaired) electrons. The van der Waals surface area contributed by atoms with E-state index in [0.717, 1.165) is 38.5 Å². The zero-order valence-electron chi connectivity index (χ0n) is 12.8. The van der Waals surface area contributed by atoms with E-state index in [1.165, 1.54) is 6.42 Å². The van der Waals surface area contributed by atoms with Gasteiger partial charge < -0.3 is 4.74 Å². The van der Waals surface area contributed by atoms with E-state index in [4.69, 9.17) is 4.74 Å². The number of carbonyl (C=O) groups excluding carboxylic acids is 2. The van der Waals surface area contributed by atoms with Gasteiger partial charge >= 0.3 is 0 Å². The van der Waals surface area contributed by atoms with Crippen LogP contribution in [0, 0.1) is 23.2 Å². The Morgan fingerprint density at radius 2 is 1.86 bits per heavy atom. The summed E-state index contributed by atoms with van der Waals surface area (Å²) >= 11 is 0. The zero-order chi connectivity index (χ0) is 14.5. The van der Waals surface area contributed by atoms with Crippen LogP contribution in [0.3, 0.4) is 0 Å². The summed E-state index contributed by atoms with van der Waals surface area (Å²) in [5, 5.41) is 0. The van der Waals surface area contributed by atoms with Crippen molar-refractivity contribution in [3.63, 3.8) is 0 Å². The average molecular weight is 288 g/mol. The summed E-state index contributed by atoms with van der Waals surface area (Å²) in [5.41, 5.74) is -0.103. The highest BCUT2D eigenvalue weighted by Crippen LogP contribution is 2.72. The van der Waals surface area contributed by atoms with Gasteiger partial charge in [0.2, 0.25) is 0 Å². The molecule has 114 valence electrons. The van der Waals surface area contributed by atoms with Crippen molar-refractivity contribution >= 4 is 11.6 Å². The van der Waals surface area contributed by atoms with Crippen molar-refractivity contribution in [3.05, 3.63) is 0 Å². The lowest BCUT2D eigenvalue weighted by Gasteiger charge is -2.51. The van der Waals surface area contributed by atoms with Gasteiger partial charge in [-0.15, -0.1) is 0 Å². The number of ether oxygens (including phenoxy) is 1. The Hall–Kier alpha value is -0.700. The lowest BCUT2D eigenvalue weighted by atomic mass is 9.50. The molecule has 0 spiro atoms. The Balaban J connectivity index is 1.50. The van der Waals surface area contributed by atoms with Crippen molar-refractivity contribution in [2.24, 2.45) is 23.2 Å². The molecule has 0 amide bonds. The third-order valence-corrected chi connectivity index (χ3v) is 7.99. The molecule has 5 aliphatic rings. The van der Waals surface area contributed by atoms with Crippen LogP contribution in [-0.2, 0) is 14.3 Å². The molecule has 0 aromatic carbocycles. The highest BCUT2D eigenvalue weighted by atomic mass is 16.6. The summed E-state index contributed by atoms with van der Waals surface area (Å²) in [6.07, 6.45) is 8.63. The molecular formula is C18H24O3. The summed E-state index contributed by atoms with van der Waals surface area (Å²) in [7, 11) is 0. The minimum atomic E-state index is -0.0835. The molecule has 0 bridgehead atoms. The average Bonchev–Trinajstić information content (AvgIpc) is 3.05. The minimum absolute atomic E-state index is 0.0246. The van der Waals surface area contributed by atoms with E-state index in [9.17, 15) is 9.59 Å². The smallest absolute Gasteiger partial charge is 0.139 e. The Bertz CT molecular complexity index is 555. The number of hydrogen-bond donors (Lipinski definition) is 0. The highest BCUT2D eigenvalue weighted by molar-refractivity contribution is 5.87. The van der Waals surface area contributed by atoms with Crippen molar-refractivity contribution in [2.75, 3.05) is 0 Å². The second-order valence-corrected chi connectivity index (χ2v) is 8.53. The first-order valence-electron chi connectivity index (χ1n) is 8.76. The fourth-order valence-corrected chi connectivity index (χ4v) is 6.91. The van der Waals surface area contributed by atoms with Crippen LogP contribution in [0.2, 0.25) is 0 Å². The first kappa shape index (κ1) is 12.8. The Labute approximate surface area is 125 Å². The van der Waals surface area contributed by atoms with Gasteiger partial charge in [0.25, 0.3) is 0 Å². The molecule has 0 aromatic heterocycles. The molecule has 0 N–H and O–H groups in total. The van der Waals surface area contributed by atoms with Crippen LogP contribution in [0.25, 0.3) is 0 Å². The summed E-state index contributed by atoms with van der Waals surface area (Å²) in [6, 6.07) is 0. The predicted octanol–water partition coefficient (Wildman–Crippen LogP) is 3.05. The number of carbonyl (C=O) groups is 2. The molecule has 5 rings (SSSR count). The molecule has 4 saturated carbocycles. The van der Waals surface area contributed by atoms with E-state index in [0.29, 0.717) is 42.2 Å². The number of rotatable bonds is 0. The molecule has 0 aromatic rings. The van der Waals surface area contributed by atoms with E-state index in [-0.39, 0.29) is 16.6 Å². The number of ketones is 2. The fourth-order valence-electron chi connectivity index (χ4n) is 6.91. The maximum Gasteiger partial charge on any atom is 0.139 e. The molecule has 5 fully saturated rings. The van der Waals surface area contributed by atoms with Crippen LogP contribution < -0.4 is 0 Å². The van der Waals surface area contributed by atoms with Gasteiger partial charge in [0, 0.05) is 24.7 Å². The van der Waals surface area contributed by atoms with Gasteiger partial charge in [0.15, 0.2) is 0 Å². The van der Waals surface area contributed by atoms with Crippen LogP contribution in [0.1, 0.15) is 64.7 Å². The summed E-state index contributed by atoms with van der Waals surface area (Å²) in [5.74, 6) is 2.77. The number of epoxide rings is 1. The number of hydrogen-bond acceptors (Lipinski definition) is 3. The molecule has 21 heavy (non-hydrogen) atoms. The first-order chi connectivity index (χ1) is 10.0. The summed E-state index contributed by atoms with van der Waals surface area (Å²) in [6.45, 7) is 2.22. The third-order valence-electron chi connectivity index (χ3n) is 7.99. The maximum atomic E-state index is 12.3. The lowest BCUT2D eigenvalue weighted by Crippen LogP contribution is -2.53. The van der Waals surface area contributed by atoms with E-state index >= 15 is 0 Å². The van der Waals surface area contributed by atoms with Crippen LogP contribution >= 0.6 is 0 Å². The lowest BCUT2D eigenvalue weighted by molar-refractivity contribution is -0.131. The summed E-state index contributed by atoms with van der Waals surface area (Å²) in [4.78, 5) is 24.2. The Kier molecular flexibility index (Phi) is 2.20. The van der Waals surface area contributed by atoms with Crippen LogP contribution in [0.5, 0.6) is 0 Å². The van der Waals surface area contributed by atoms with Gasteiger partial charge in [-0.2, -0.15) is 0 Å². The van der Waals surface area contributed by atoms with Gasteiger partial charge in [-0.05, 0) is 56.3 Å². The first-order valence-corrected chi connectivity index (χ1v) is 8.76. The van der Waals surface area contributed by atoms with Crippen LogP contribution in [0.15, 0.2) is 0 Å². The normalized spacial score (nSPS) is 58.0. The molecule has 4 aliphatic carbocycles. The standard InChI is InChI=1S/C18H24O3/c1-16-7-6-14-12(13(16)2-3-15(16)20)5-8-17-10-11(19)4-9-18(14,17)21-17/h12-14H,2-10H2,1H3/t12-,13-,14-,16-,17?,18?/m0/s1. The van der Waals surface area contributed by atoms with Crippen LogP contribution in [0.4, 0.5) is 0 Å². The maximum absolute atomic E-state index is 12.3. The van der Waals surface area contributed by atoms with Gasteiger partial charge in [0.05, 0.1) is 0 Å². The second-order valence-electron chi connectivity index (χ2n) is 8.53. The molecule has 2 unspecified atom stereocenters. The zero-order valence-corrected chi connectivity index (χ0v) is 12.8. The van der Waals surface area contributed by atoms with Crippen molar-refractivity contribution in [1.82, 2.24) is 0 Å². The Morgan fingerprint density at radius 3 is 2.71 bits per heavy atom. The topological polar surface area (TPSA) is 46.7 Å². The molecule has 1 heterocycles. The minimum Gasteiger partial charge on any atom is -0.362 e. The predicted molar refractivity (Wildman–Crippen MR) is 76.7 cm³/mol. The molecule has 1 saturated heterocycles. The van der Waals surface area contributed by atoms with Crippen molar-refractivity contribution in [2.45, 2.75) is 75.9 Å². The number of fused-ring (bicyclic) bond motifs is 3. The van der Waals surface area contributed by atoms with E-state index < -0.39 is 0 Å². The van der Waals surface area contributed by atoms with Gasteiger partial charge in [0.1, 0.15) is 22.8 Å². The molecule has 3 nitrogen and oxygen atoms in total. The van der Waals surface area contributed by atoms with Crippen LogP contribution in [-0.4, -0.2) is 22.8 Å². The largest absolute Gasteiger partial charge is 0.362 e. The van der Waals surface area contributed by atoms with Gasteiger partial charge in [-0.25, -0.2) is 0 Å². The highest BCUT2D eigenvalue weighted by Gasteiger charge is 2.78. The SMILES string of the molecule is C[C@]12CC[C@H]3[C@@H](CCC45CC(=O)CCC34O5)[C@@H]1CCC2=O. The van der Waals surface area contributed by atoms with Crippen molar-refractivity contribution in [3.8, 4) is 0 Å². The van der Waals surface area contributed by atoms with Gasteiger partial charge in [-0.1, -0.05) is 6.92 Å². The van der Waals surface area contributed by atoms with Gasteiger partial charge in [-0.3, -0.25) is 9.59 Å².